The molecule has 0 bridgehead atoms. The van der Waals surface area contributed by atoms with E-state index in [0.29, 0.717) is 0 Å². The monoisotopic (exact) mass is 182 g/mol. The maximum Gasteiger partial charge on any atom is -0.0109 e. The van der Waals surface area contributed by atoms with E-state index < -0.39 is 0 Å². The van der Waals surface area contributed by atoms with Crippen LogP contribution in [0.25, 0.3) is 16.3 Å². The minimum absolute atomic E-state index is 1.31. The van der Waals surface area contributed by atoms with Crippen molar-refractivity contribution in [2.45, 2.75) is 13.8 Å². The van der Waals surface area contributed by atoms with Gasteiger partial charge in [-0.2, -0.15) is 0 Å². The molecule has 0 aliphatic carbocycles. The lowest BCUT2D eigenvalue weighted by molar-refractivity contribution is 1.58. The molecule has 0 atom stereocenters. The van der Waals surface area contributed by atoms with Crippen molar-refractivity contribution in [3.05, 3.63) is 54.1 Å². The number of hydrogen-bond acceptors (Lipinski definition) is 0. The molecule has 2 aromatic carbocycles. The molecule has 14 heavy (non-hydrogen) atoms. The summed E-state index contributed by atoms with van der Waals surface area (Å²) in [6.45, 7) is 4.23. The van der Waals surface area contributed by atoms with Gasteiger partial charge in [-0.25, -0.2) is 0 Å². The fourth-order valence-corrected chi connectivity index (χ4v) is 1.72. The van der Waals surface area contributed by atoms with Crippen LogP contribution in [-0.2, 0) is 0 Å². The summed E-state index contributed by atoms with van der Waals surface area (Å²) in [6.07, 6.45) is 2.15. The highest BCUT2D eigenvalue weighted by molar-refractivity contribution is 5.93. The molecule has 2 aromatic rings. The van der Waals surface area contributed by atoms with Gasteiger partial charge in [-0.05, 0) is 35.8 Å². The van der Waals surface area contributed by atoms with Gasteiger partial charge in [0.25, 0.3) is 0 Å². The van der Waals surface area contributed by atoms with Gasteiger partial charge in [0.1, 0.15) is 0 Å². The molecule has 0 nitrogen and oxygen atoms in total. The summed E-state index contributed by atoms with van der Waals surface area (Å²) in [4.78, 5) is 0. The number of allylic oxidation sites excluding steroid dienone is 2. The summed E-state index contributed by atoms with van der Waals surface area (Å²) in [7, 11) is 0. The first-order valence-electron chi connectivity index (χ1n) is 4.94. The van der Waals surface area contributed by atoms with Crippen LogP contribution in [0.3, 0.4) is 0 Å². The lowest BCUT2D eigenvalue weighted by atomic mass is 9.99. The number of fused-ring (bicyclic) bond motifs is 1. The first kappa shape index (κ1) is 9.01. The lowest BCUT2D eigenvalue weighted by Gasteiger charge is -2.05. The van der Waals surface area contributed by atoms with Gasteiger partial charge >= 0.3 is 0 Å². The van der Waals surface area contributed by atoms with Crippen molar-refractivity contribution in [2.75, 3.05) is 0 Å². The minimum atomic E-state index is 1.31. The van der Waals surface area contributed by atoms with Crippen LogP contribution in [0.15, 0.2) is 48.5 Å². The van der Waals surface area contributed by atoms with E-state index in [4.69, 9.17) is 0 Å². The van der Waals surface area contributed by atoms with Crippen LogP contribution in [0.1, 0.15) is 19.4 Å². The molecule has 70 valence electrons. The van der Waals surface area contributed by atoms with E-state index in [0.717, 1.165) is 0 Å². The van der Waals surface area contributed by atoms with Gasteiger partial charge in [0.15, 0.2) is 0 Å². The van der Waals surface area contributed by atoms with Crippen molar-refractivity contribution < 1.29 is 0 Å². The number of rotatable bonds is 1. The van der Waals surface area contributed by atoms with Crippen LogP contribution in [0.2, 0.25) is 0 Å². The third-order valence-electron chi connectivity index (χ3n) is 2.65. The highest BCUT2D eigenvalue weighted by atomic mass is 14.0. The van der Waals surface area contributed by atoms with Crippen molar-refractivity contribution in [1.82, 2.24) is 0 Å². The summed E-state index contributed by atoms with van der Waals surface area (Å²) in [5, 5.41) is 2.65. The smallest absolute Gasteiger partial charge is 0.0109 e. The van der Waals surface area contributed by atoms with E-state index in [1.165, 1.54) is 21.9 Å². The van der Waals surface area contributed by atoms with Crippen LogP contribution in [0, 0.1) is 0 Å². The Morgan fingerprint density at radius 2 is 1.71 bits per heavy atom. The number of hydrogen-bond donors (Lipinski definition) is 0. The summed E-state index contributed by atoms with van der Waals surface area (Å²) in [5.41, 5.74) is 2.67. The zero-order valence-corrected chi connectivity index (χ0v) is 8.62. The van der Waals surface area contributed by atoms with Gasteiger partial charge in [0.05, 0.1) is 0 Å². The summed E-state index contributed by atoms with van der Waals surface area (Å²) in [6, 6.07) is 15.0. The second-order valence-corrected chi connectivity index (χ2v) is 3.50. The van der Waals surface area contributed by atoms with Crippen molar-refractivity contribution in [2.24, 2.45) is 0 Å². The largest absolute Gasteiger partial charge is 0.0841 e. The Kier molecular flexibility index (Phi) is 2.36. The highest BCUT2D eigenvalue weighted by Gasteiger charge is 1.99. The third-order valence-corrected chi connectivity index (χ3v) is 2.65. The highest BCUT2D eigenvalue weighted by Crippen LogP contribution is 2.24. The molecule has 0 aliphatic rings. The summed E-state index contributed by atoms with van der Waals surface area (Å²) < 4.78 is 0. The fraction of sp³-hybridized carbons (Fsp3) is 0.143. The van der Waals surface area contributed by atoms with Crippen LogP contribution >= 0.6 is 0 Å². The normalized spacial score (nSPS) is 12.0. The molecule has 0 fully saturated rings. The summed E-state index contributed by atoms with van der Waals surface area (Å²) in [5.74, 6) is 0. The maximum absolute atomic E-state index is 2.18. The predicted molar refractivity (Wildman–Crippen MR) is 63.3 cm³/mol. The molecule has 0 N–H and O–H groups in total. The molecule has 0 amide bonds. The van der Waals surface area contributed by atoms with Gasteiger partial charge in [-0.15, -0.1) is 0 Å². The standard InChI is InChI=1S/C14H14/c1-3-11(2)13-10-6-8-12-7-4-5-9-14(12)13/h3-10H,1-2H3. The Bertz CT molecular complexity index is 473. The molecule has 0 saturated heterocycles. The van der Waals surface area contributed by atoms with Crippen molar-refractivity contribution >= 4 is 16.3 Å². The van der Waals surface area contributed by atoms with E-state index in [-0.39, 0.29) is 0 Å². The van der Waals surface area contributed by atoms with Crippen LogP contribution < -0.4 is 0 Å². The zero-order chi connectivity index (χ0) is 9.97. The van der Waals surface area contributed by atoms with Gasteiger partial charge in [0.2, 0.25) is 0 Å². The van der Waals surface area contributed by atoms with Gasteiger partial charge < -0.3 is 0 Å². The average molecular weight is 182 g/mol. The van der Waals surface area contributed by atoms with Crippen molar-refractivity contribution in [3.8, 4) is 0 Å². The Labute approximate surface area is 84.9 Å². The van der Waals surface area contributed by atoms with E-state index in [9.17, 15) is 0 Å². The lowest BCUT2D eigenvalue weighted by Crippen LogP contribution is -1.81. The maximum atomic E-state index is 2.18. The molecule has 0 aliphatic heterocycles. The second-order valence-electron chi connectivity index (χ2n) is 3.50. The van der Waals surface area contributed by atoms with Gasteiger partial charge in [-0.1, -0.05) is 48.5 Å². The Balaban J connectivity index is 2.77. The minimum Gasteiger partial charge on any atom is -0.0841 e. The van der Waals surface area contributed by atoms with E-state index in [1.54, 1.807) is 0 Å². The predicted octanol–water partition coefficient (Wildman–Crippen LogP) is 4.26. The van der Waals surface area contributed by atoms with Crippen LogP contribution in [-0.4, -0.2) is 0 Å². The van der Waals surface area contributed by atoms with Crippen LogP contribution in [0.4, 0.5) is 0 Å². The molecule has 0 aromatic heterocycles. The molecule has 2 rings (SSSR count). The van der Waals surface area contributed by atoms with Crippen molar-refractivity contribution in [1.29, 1.82) is 0 Å². The Hall–Kier alpha value is -1.56. The first-order chi connectivity index (χ1) is 6.83. The second kappa shape index (κ2) is 3.67. The molecule has 0 heteroatoms. The topological polar surface area (TPSA) is 0 Å². The van der Waals surface area contributed by atoms with Crippen molar-refractivity contribution in [3.63, 3.8) is 0 Å². The molecular formula is C14H14. The first-order valence-corrected chi connectivity index (χ1v) is 4.94. The van der Waals surface area contributed by atoms with E-state index in [1.807, 2.05) is 0 Å². The summed E-state index contributed by atoms with van der Waals surface area (Å²) >= 11 is 0. The SMILES string of the molecule is CC=C(C)c1cccc2ccccc12. The molecule has 0 spiro atoms. The molecule has 0 heterocycles. The fourth-order valence-electron chi connectivity index (χ4n) is 1.72. The Morgan fingerprint density at radius 1 is 1.00 bits per heavy atom. The number of benzene rings is 2. The zero-order valence-electron chi connectivity index (χ0n) is 8.62. The van der Waals surface area contributed by atoms with E-state index >= 15 is 0 Å². The van der Waals surface area contributed by atoms with Crippen LogP contribution in [0.5, 0.6) is 0 Å². The molecule has 0 radical (unpaired) electrons. The molecular weight excluding hydrogens is 168 g/mol. The third kappa shape index (κ3) is 1.44. The average Bonchev–Trinajstić information content (AvgIpc) is 2.27. The van der Waals surface area contributed by atoms with Gasteiger partial charge in [-0.3, -0.25) is 0 Å². The molecule has 0 saturated carbocycles. The molecule has 0 unspecified atom stereocenters. The van der Waals surface area contributed by atoms with E-state index in [2.05, 4.69) is 62.4 Å². The quantitative estimate of drug-likeness (QED) is 0.618. The van der Waals surface area contributed by atoms with Gasteiger partial charge in [0, 0.05) is 0 Å². The Morgan fingerprint density at radius 3 is 2.50 bits per heavy atom.